The third-order valence-electron chi connectivity index (χ3n) is 3.08. The maximum Gasteiger partial charge on any atom is 0.313 e. The number of amides is 2. The molecule has 0 radical (unpaired) electrons. The summed E-state index contributed by atoms with van der Waals surface area (Å²) >= 11 is 2.90. The van der Waals surface area contributed by atoms with Gasteiger partial charge in [0, 0.05) is 25.7 Å². The van der Waals surface area contributed by atoms with Crippen molar-refractivity contribution in [1.29, 1.82) is 0 Å². The van der Waals surface area contributed by atoms with Crippen LogP contribution in [0.25, 0.3) is 0 Å². The van der Waals surface area contributed by atoms with Crippen LogP contribution in [0.1, 0.15) is 6.42 Å². The molecule has 0 aromatic heterocycles. The molecule has 5 nitrogen and oxygen atoms in total. The van der Waals surface area contributed by atoms with Crippen molar-refractivity contribution in [3.8, 4) is 0 Å². The molecule has 2 rings (SSSR count). The van der Waals surface area contributed by atoms with E-state index < -0.39 is 23.4 Å². The Morgan fingerprint density at radius 3 is 2.71 bits per heavy atom. The van der Waals surface area contributed by atoms with Gasteiger partial charge in [-0.2, -0.15) is 0 Å². The molecule has 1 aromatic carbocycles. The predicted octanol–water partition coefficient (Wildman–Crippen LogP) is 1.49. The van der Waals surface area contributed by atoms with Crippen molar-refractivity contribution in [3.05, 3.63) is 28.2 Å². The summed E-state index contributed by atoms with van der Waals surface area (Å²) in [6, 6.07) is 1.72. The average molecular weight is 362 g/mol. The summed E-state index contributed by atoms with van der Waals surface area (Å²) in [6.45, 7) is 2.27. The molecular weight excluding hydrogens is 348 g/mol. The highest BCUT2D eigenvalue weighted by atomic mass is 79.9. The third-order valence-corrected chi connectivity index (χ3v) is 3.69. The van der Waals surface area contributed by atoms with E-state index in [1.54, 1.807) is 0 Å². The Morgan fingerprint density at radius 1 is 1.19 bits per heavy atom. The van der Waals surface area contributed by atoms with Crippen molar-refractivity contribution < 1.29 is 18.4 Å². The van der Waals surface area contributed by atoms with Crippen molar-refractivity contribution in [1.82, 2.24) is 10.2 Å². The maximum atomic E-state index is 13.6. The number of nitrogens with one attached hydrogen (secondary N) is 2. The number of anilines is 1. The van der Waals surface area contributed by atoms with Crippen molar-refractivity contribution in [2.24, 2.45) is 0 Å². The van der Waals surface area contributed by atoms with E-state index in [1.165, 1.54) is 4.90 Å². The van der Waals surface area contributed by atoms with E-state index in [0.717, 1.165) is 19.0 Å². The van der Waals surface area contributed by atoms with E-state index in [1.807, 2.05) is 0 Å². The fourth-order valence-corrected chi connectivity index (χ4v) is 2.33. The van der Waals surface area contributed by atoms with Crippen LogP contribution < -0.4 is 10.6 Å². The topological polar surface area (TPSA) is 61.4 Å². The minimum Gasteiger partial charge on any atom is -0.333 e. The Morgan fingerprint density at radius 2 is 1.95 bits per heavy atom. The zero-order valence-electron chi connectivity index (χ0n) is 11.1. The van der Waals surface area contributed by atoms with Crippen molar-refractivity contribution in [2.45, 2.75) is 6.42 Å². The molecule has 1 heterocycles. The first-order valence-electron chi connectivity index (χ1n) is 6.44. The van der Waals surface area contributed by atoms with Gasteiger partial charge in [-0.25, -0.2) is 8.78 Å². The first-order valence-corrected chi connectivity index (χ1v) is 7.24. The monoisotopic (exact) mass is 361 g/mol. The number of halogens is 3. The van der Waals surface area contributed by atoms with Crippen LogP contribution in [0, 0.1) is 11.6 Å². The standard InChI is InChI=1S/C13H14BrF2N3O2/c14-8-6-11(10(16)7-9(8)15)18-12(20)13(21)19-4-1-2-17-3-5-19/h6-7,17H,1-5H2,(H,18,20). The molecule has 8 heteroatoms. The second-order valence-electron chi connectivity index (χ2n) is 4.60. The molecule has 0 bridgehead atoms. The molecule has 0 spiro atoms. The van der Waals surface area contributed by atoms with Crippen LogP contribution >= 0.6 is 15.9 Å². The van der Waals surface area contributed by atoms with Crippen molar-refractivity contribution in [2.75, 3.05) is 31.5 Å². The molecule has 1 fully saturated rings. The van der Waals surface area contributed by atoms with Gasteiger partial charge in [0.1, 0.15) is 11.6 Å². The molecular formula is C13H14BrF2N3O2. The fourth-order valence-electron chi connectivity index (χ4n) is 1.99. The number of rotatable bonds is 1. The van der Waals surface area contributed by atoms with E-state index in [4.69, 9.17) is 0 Å². The molecule has 114 valence electrons. The molecule has 2 amide bonds. The highest BCUT2D eigenvalue weighted by molar-refractivity contribution is 9.10. The Balaban J connectivity index is 2.06. The molecule has 0 unspecified atom stereocenters. The molecule has 0 saturated carbocycles. The first-order chi connectivity index (χ1) is 9.99. The fraction of sp³-hybridized carbons (Fsp3) is 0.385. The van der Waals surface area contributed by atoms with E-state index in [9.17, 15) is 18.4 Å². The summed E-state index contributed by atoms with van der Waals surface area (Å²) < 4.78 is 26.7. The summed E-state index contributed by atoms with van der Waals surface area (Å²) in [5, 5.41) is 5.28. The molecule has 1 aliphatic rings. The number of nitrogens with zero attached hydrogens (tertiary/aromatic N) is 1. The Hall–Kier alpha value is -1.54. The molecule has 0 atom stereocenters. The van der Waals surface area contributed by atoms with Gasteiger partial charge in [0.2, 0.25) is 0 Å². The van der Waals surface area contributed by atoms with Gasteiger partial charge in [0.15, 0.2) is 0 Å². The SMILES string of the molecule is O=C(Nc1cc(Br)c(F)cc1F)C(=O)N1CCCNCC1. The second-order valence-corrected chi connectivity index (χ2v) is 5.45. The van der Waals surface area contributed by atoms with E-state index >= 15 is 0 Å². The molecule has 0 aliphatic carbocycles. The molecule has 1 saturated heterocycles. The van der Waals surface area contributed by atoms with Crippen molar-refractivity contribution >= 4 is 33.4 Å². The van der Waals surface area contributed by atoms with Gasteiger partial charge in [-0.05, 0) is 35.0 Å². The molecule has 21 heavy (non-hydrogen) atoms. The van der Waals surface area contributed by atoms with E-state index in [2.05, 4.69) is 26.6 Å². The lowest BCUT2D eigenvalue weighted by atomic mass is 10.3. The van der Waals surface area contributed by atoms with Crippen LogP contribution in [0.2, 0.25) is 0 Å². The first kappa shape index (κ1) is 15.8. The number of carbonyl (C=O) groups excluding carboxylic acids is 2. The largest absolute Gasteiger partial charge is 0.333 e. The number of hydrogen-bond donors (Lipinski definition) is 2. The van der Waals surface area contributed by atoms with Crippen LogP contribution in [0.5, 0.6) is 0 Å². The van der Waals surface area contributed by atoms with Crippen LogP contribution in [-0.2, 0) is 9.59 Å². The van der Waals surface area contributed by atoms with E-state index in [-0.39, 0.29) is 10.2 Å². The summed E-state index contributed by atoms with van der Waals surface area (Å²) in [5.74, 6) is -3.38. The lowest BCUT2D eigenvalue weighted by molar-refractivity contribution is -0.143. The maximum absolute atomic E-state index is 13.6. The van der Waals surface area contributed by atoms with Gasteiger partial charge in [0.05, 0.1) is 10.2 Å². The Labute approximate surface area is 128 Å². The van der Waals surface area contributed by atoms with Crippen LogP contribution in [0.15, 0.2) is 16.6 Å². The van der Waals surface area contributed by atoms with Gasteiger partial charge < -0.3 is 15.5 Å². The molecule has 1 aliphatic heterocycles. The lowest BCUT2D eigenvalue weighted by Gasteiger charge is -2.19. The van der Waals surface area contributed by atoms with E-state index in [0.29, 0.717) is 25.7 Å². The lowest BCUT2D eigenvalue weighted by Crippen LogP contribution is -2.41. The van der Waals surface area contributed by atoms with Gasteiger partial charge in [0.25, 0.3) is 0 Å². The number of hydrogen-bond acceptors (Lipinski definition) is 3. The summed E-state index contributed by atoms with van der Waals surface area (Å²) in [7, 11) is 0. The molecule has 2 N–H and O–H groups in total. The van der Waals surface area contributed by atoms with Crippen LogP contribution in [-0.4, -0.2) is 42.9 Å². The highest BCUT2D eigenvalue weighted by Crippen LogP contribution is 2.23. The van der Waals surface area contributed by atoms with Gasteiger partial charge in [-0.15, -0.1) is 0 Å². The highest BCUT2D eigenvalue weighted by Gasteiger charge is 2.23. The third kappa shape index (κ3) is 3.98. The Kier molecular flexibility index (Phi) is 5.24. The van der Waals surface area contributed by atoms with Gasteiger partial charge in [-0.1, -0.05) is 0 Å². The van der Waals surface area contributed by atoms with Crippen molar-refractivity contribution in [3.63, 3.8) is 0 Å². The summed E-state index contributed by atoms with van der Waals surface area (Å²) in [5.41, 5.74) is -0.241. The Bertz CT molecular complexity index is 561. The predicted molar refractivity (Wildman–Crippen MR) is 76.8 cm³/mol. The zero-order chi connectivity index (χ0) is 15.4. The minimum atomic E-state index is -0.936. The quantitative estimate of drug-likeness (QED) is 0.588. The van der Waals surface area contributed by atoms with Crippen LogP contribution in [0.4, 0.5) is 14.5 Å². The smallest absolute Gasteiger partial charge is 0.313 e. The summed E-state index contributed by atoms with van der Waals surface area (Å²) in [6.07, 6.45) is 0.746. The second kappa shape index (κ2) is 6.95. The summed E-state index contributed by atoms with van der Waals surface area (Å²) in [4.78, 5) is 25.3. The molecule has 1 aromatic rings. The van der Waals surface area contributed by atoms with Gasteiger partial charge >= 0.3 is 11.8 Å². The zero-order valence-corrected chi connectivity index (χ0v) is 12.7. The number of carbonyl (C=O) groups is 2. The normalized spacial score (nSPS) is 15.5. The van der Waals surface area contributed by atoms with Crippen LogP contribution in [0.3, 0.4) is 0 Å². The number of benzene rings is 1. The minimum absolute atomic E-state index is 0.00521. The van der Waals surface area contributed by atoms with Gasteiger partial charge in [-0.3, -0.25) is 9.59 Å². The average Bonchev–Trinajstić information content (AvgIpc) is 2.72.